The van der Waals surface area contributed by atoms with Crippen LogP contribution in [0, 0.1) is 13.8 Å². The molecular weight excluding hydrogens is 226 g/mol. The van der Waals surface area contributed by atoms with E-state index in [4.69, 9.17) is 0 Å². The molecule has 2 rings (SSSR count). The number of rotatable bonds is 4. The van der Waals surface area contributed by atoms with Gasteiger partial charge < -0.3 is 5.32 Å². The van der Waals surface area contributed by atoms with Crippen molar-refractivity contribution in [3.8, 4) is 11.3 Å². The molecular formula is C13H19N5. The van der Waals surface area contributed by atoms with Crippen molar-refractivity contribution in [1.29, 1.82) is 0 Å². The van der Waals surface area contributed by atoms with Gasteiger partial charge in [-0.15, -0.1) is 10.2 Å². The lowest BCUT2D eigenvalue weighted by Crippen LogP contribution is -2.02. The summed E-state index contributed by atoms with van der Waals surface area (Å²) in [5, 5.41) is 15.9. The first kappa shape index (κ1) is 12.5. The molecule has 5 nitrogen and oxygen atoms in total. The Kier molecular flexibility index (Phi) is 3.60. The lowest BCUT2D eigenvalue weighted by atomic mass is 10.1. The van der Waals surface area contributed by atoms with Crippen LogP contribution < -0.4 is 5.32 Å². The monoisotopic (exact) mass is 245 g/mol. The minimum atomic E-state index is 0.831. The molecule has 0 saturated heterocycles. The molecule has 0 spiro atoms. The Morgan fingerprint density at radius 1 is 1.22 bits per heavy atom. The highest BCUT2D eigenvalue weighted by molar-refractivity contribution is 5.65. The van der Waals surface area contributed by atoms with E-state index in [1.807, 2.05) is 24.1 Å². The number of hydrogen-bond acceptors (Lipinski definition) is 4. The van der Waals surface area contributed by atoms with Gasteiger partial charge in [0.2, 0.25) is 0 Å². The summed E-state index contributed by atoms with van der Waals surface area (Å²) in [6.07, 6.45) is 4.95. The molecule has 96 valence electrons. The molecule has 2 aromatic rings. The van der Waals surface area contributed by atoms with Gasteiger partial charge >= 0.3 is 0 Å². The second-order valence-corrected chi connectivity index (χ2v) is 4.39. The van der Waals surface area contributed by atoms with Crippen LogP contribution in [0.25, 0.3) is 11.3 Å². The van der Waals surface area contributed by atoms with Gasteiger partial charge in [0.1, 0.15) is 0 Å². The van der Waals surface area contributed by atoms with Crippen LogP contribution in [0.15, 0.2) is 12.4 Å². The standard InChI is InChI=1S/C13H19N5/c1-5-6-18-8-11(7-15-18)12-9(2)10(3)13(14-4)17-16-12/h7-8H,5-6H2,1-4H3,(H,14,17). The molecule has 5 heteroatoms. The quantitative estimate of drug-likeness (QED) is 0.898. The van der Waals surface area contributed by atoms with Crippen LogP contribution in [0.3, 0.4) is 0 Å². The third-order valence-electron chi connectivity index (χ3n) is 3.12. The van der Waals surface area contributed by atoms with Crippen LogP contribution >= 0.6 is 0 Å². The van der Waals surface area contributed by atoms with E-state index < -0.39 is 0 Å². The minimum absolute atomic E-state index is 0.831. The molecule has 0 aliphatic rings. The highest BCUT2D eigenvalue weighted by Gasteiger charge is 2.12. The number of nitrogens with zero attached hydrogens (tertiary/aromatic N) is 4. The van der Waals surface area contributed by atoms with Crippen molar-refractivity contribution in [2.24, 2.45) is 0 Å². The average molecular weight is 245 g/mol. The maximum absolute atomic E-state index is 4.33. The van der Waals surface area contributed by atoms with E-state index in [2.05, 4.69) is 41.4 Å². The Morgan fingerprint density at radius 3 is 2.67 bits per heavy atom. The van der Waals surface area contributed by atoms with Crippen LogP contribution in [-0.4, -0.2) is 27.0 Å². The first-order valence-electron chi connectivity index (χ1n) is 6.21. The van der Waals surface area contributed by atoms with E-state index in [0.717, 1.165) is 41.2 Å². The Morgan fingerprint density at radius 2 is 2.00 bits per heavy atom. The molecule has 0 saturated carbocycles. The molecule has 2 heterocycles. The molecule has 2 aromatic heterocycles. The third-order valence-corrected chi connectivity index (χ3v) is 3.12. The summed E-state index contributed by atoms with van der Waals surface area (Å²) in [5.41, 5.74) is 4.21. The van der Waals surface area contributed by atoms with E-state index in [1.54, 1.807) is 0 Å². The van der Waals surface area contributed by atoms with Crippen LogP contribution in [-0.2, 0) is 6.54 Å². The van der Waals surface area contributed by atoms with E-state index in [1.165, 1.54) is 0 Å². The Bertz CT molecular complexity index is 544. The first-order valence-corrected chi connectivity index (χ1v) is 6.21. The number of nitrogens with one attached hydrogen (secondary N) is 1. The zero-order valence-corrected chi connectivity index (χ0v) is 11.4. The summed E-state index contributed by atoms with van der Waals surface area (Å²) in [6, 6.07) is 0. The van der Waals surface area contributed by atoms with Gasteiger partial charge in [0.05, 0.1) is 11.9 Å². The minimum Gasteiger partial charge on any atom is -0.371 e. The second kappa shape index (κ2) is 5.16. The fourth-order valence-electron chi connectivity index (χ4n) is 1.95. The summed E-state index contributed by atoms with van der Waals surface area (Å²) in [7, 11) is 1.86. The average Bonchev–Trinajstić information content (AvgIpc) is 2.81. The van der Waals surface area contributed by atoms with Crippen LogP contribution in [0.4, 0.5) is 5.82 Å². The summed E-state index contributed by atoms with van der Waals surface area (Å²) in [6.45, 7) is 7.19. The zero-order chi connectivity index (χ0) is 13.1. The van der Waals surface area contributed by atoms with E-state index >= 15 is 0 Å². The predicted molar refractivity (Wildman–Crippen MR) is 72.6 cm³/mol. The molecule has 0 aromatic carbocycles. The fourth-order valence-corrected chi connectivity index (χ4v) is 1.95. The van der Waals surface area contributed by atoms with Gasteiger partial charge in [0.15, 0.2) is 5.82 Å². The van der Waals surface area contributed by atoms with Gasteiger partial charge in [-0.2, -0.15) is 5.10 Å². The van der Waals surface area contributed by atoms with Gasteiger partial charge in [0, 0.05) is 25.4 Å². The van der Waals surface area contributed by atoms with Gasteiger partial charge in [-0.25, -0.2) is 0 Å². The van der Waals surface area contributed by atoms with Gasteiger partial charge in [-0.1, -0.05) is 6.92 Å². The second-order valence-electron chi connectivity index (χ2n) is 4.39. The topological polar surface area (TPSA) is 55.6 Å². The Labute approximate surface area is 107 Å². The predicted octanol–water partition coefficient (Wildman–Crippen LogP) is 2.41. The molecule has 0 atom stereocenters. The molecule has 0 unspecified atom stereocenters. The summed E-state index contributed by atoms with van der Waals surface area (Å²) >= 11 is 0. The molecule has 0 fully saturated rings. The highest BCUT2D eigenvalue weighted by atomic mass is 15.3. The lowest BCUT2D eigenvalue weighted by Gasteiger charge is -2.09. The zero-order valence-electron chi connectivity index (χ0n) is 11.4. The summed E-state index contributed by atoms with van der Waals surface area (Å²) in [5.74, 6) is 0.831. The van der Waals surface area contributed by atoms with E-state index in [9.17, 15) is 0 Å². The molecule has 0 amide bonds. The smallest absolute Gasteiger partial charge is 0.151 e. The van der Waals surface area contributed by atoms with Crippen molar-refractivity contribution in [2.75, 3.05) is 12.4 Å². The molecule has 0 radical (unpaired) electrons. The van der Waals surface area contributed by atoms with Gasteiger partial charge in [-0.3, -0.25) is 4.68 Å². The van der Waals surface area contributed by atoms with Crippen LogP contribution in [0.1, 0.15) is 24.5 Å². The number of anilines is 1. The van der Waals surface area contributed by atoms with Crippen molar-refractivity contribution >= 4 is 5.82 Å². The number of aryl methyl sites for hydroxylation is 1. The van der Waals surface area contributed by atoms with Crippen molar-refractivity contribution in [3.63, 3.8) is 0 Å². The Hall–Kier alpha value is -1.91. The largest absolute Gasteiger partial charge is 0.371 e. The lowest BCUT2D eigenvalue weighted by molar-refractivity contribution is 0.603. The van der Waals surface area contributed by atoms with E-state index in [-0.39, 0.29) is 0 Å². The van der Waals surface area contributed by atoms with Crippen LogP contribution in [0.2, 0.25) is 0 Å². The summed E-state index contributed by atoms with van der Waals surface area (Å²) < 4.78 is 1.94. The van der Waals surface area contributed by atoms with Crippen molar-refractivity contribution in [3.05, 3.63) is 23.5 Å². The highest BCUT2D eigenvalue weighted by Crippen LogP contribution is 2.25. The maximum atomic E-state index is 4.33. The Balaban J connectivity index is 2.41. The fraction of sp³-hybridized carbons (Fsp3) is 0.462. The van der Waals surface area contributed by atoms with E-state index in [0.29, 0.717) is 0 Å². The SMILES string of the molecule is CCCn1cc(-c2nnc(NC)c(C)c2C)cn1. The van der Waals surface area contributed by atoms with Gasteiger partial charge in [-0.05, 0) is 31.4 Å². The third kappa shape index (κ3) is 2.20. The van der Waals surface area contributed by atoms with Crippen molar-refractivity contribution in [2.45, 2.75) is 33.7 Å². The van der Waals surface area contributed by atoms with Crippen LogP contribution in [0.5, 0.6) is 0 Å². The van der Waals surface area contributed by atoms with Crippen molar-refractivity contribution in [1.82, 2.24) is 20.0 Å². The molecule has 1 N–H and O–H groups in total. The maximum Gasteiger partial charge on any atom is 0.151 e. The molecule has 0 aliphatic carbocycles. The normalized spacial score (nSPS) is 10.7. The summed E-state index contributed by atoms with van der Waals surface area (Å²) in [4.78, 5) is 0. The number of hydrogen-bond donors (Lipinski definition) is 1. The first-order chi connectivity index (χ1) is 8.67. The van der Waals surface area contributed by atoms with Crippen molar-refractivity contribution < 1.29 is 0 Å². The number of aromatic nitrogens is 4. The molecule has 0 aliphatic heterocycles. The molecule has 0 bridgehead atoms. The van der Waals surface area contributed by atoms with Gasteiger partial charge in [0.25, 0.3) is 0 Å². The molecule has 18 heavy (non-hydrogen) atoms.